The second-order valence-electron chi connectivity index (χ2n) is 5.47. The van der Waals surface area contributed by atoms with Crippen LogP contribution in [-0.2, 0) is 0 Å². The number of halogens is 1. The third-order valence-electron chi connectivity index (χ3n) is 3.54. The third-order valence-corrected chi connectivity index (χ3v) is 4.62. The van der Waals surface area contributed by atoms with E-state index in [2.05, 4.69) is 19.2 Å². The van der Waals surface area contributed by atoms with Gasteiger partial charge in [-0.1, -0.05) is 6.07 Å². The van der Waals surface area contributed by atoms with Crippen molar-refractivity contribution in [2.24, 2.45) is 0 Å². The van der Waals surface area contributed by atoms with Gasteiger partial charge in [0.2, 0.25) is 0 Å². The molecule has 1 N–H and O–H groups in total. The second-order valence-corrected chi connectivity index (χ2v) is 6.56. The smallest absolute Gasteiger partial charge is 0.264 e. The Morgan fingerprint density at radius 3 is 2.70 bits per heavy atom. The Morgan fingerprint density at radius 1 is 1.30 bits per heavy atom. The molecule has 106 valence electrons. The lowest BCUT2D eigenvalue weighted by molar-refractivity contribution is 0.0679. The third kappa shape index (κ3) is 2.55. The Kier molecular flexibility index (Phi) is 3.48. The molecule has 20 heavy (non-hydrogen) atoms. The molecule has 2 aromatic rings. The standard InChI is InChI=1S/C15H17FN2OS/c1-9-7-18(8-10(2)17-9)15(19)14-5-11-3-4-12(16)6-13(11)20-14/h3-6,9-10,17H,7-8H2,1-2H3. The maximum Gasteiger partial charge on any atom is 0.264 e. The van der Waals surface area contributed by atoms with E-state index >= 15 is 0 Å². The molecule has 2 atom stereocenters. The van der Waals surface area contributed by atoms with Crippen molar-refractivity contribution in [1.29, 1.82) is 0 Å². The summed E-state index contributed by atoms with van der Waals surface area (Å²) >= 11 is 1.36. The van der Waals surface area contributed by atoms with E-state index in [1.165, 1.54) is 23.5 Å². The Bertz CT molecular complexity index is 644. The summed E-state index contributed by atoms with van der Waals surface area (Å²) in [6.07, 6.45) is 0. The van der Waals surface area contributed by atoms with E-state index in [9.17, 15) is 9.18 Å². The molecule has 1 aliphatic heterocycles. The molecule has 0 spiro atoms. The molecular formula is C15H17FN2OS. The molecule has 0 radical (unpaired) electrons. The first-order valence-corrected chi connectivity index (χ1v) is 7.59. The van der Waals surface area contributed by atoms with E-state index in [4.69, 9.17) is 0 Å². The van der Waals surface area contributed by atoms with Crippen LogP contribution in [0.3, 0.4) is 0 Å². The van der Waals surface area contributed by atoms with Crippen LogP contribution in [0.4, 0.5) is 4.39 Å². The van der Waals surface area contributed by atoms with Crippen molar-refractivity contribution in [3.63, 3.8) is 0 Å². The van der Waals surface area contributed by atoms with Crippen molar-refractivity contribution < 1.29 is 9.18 Å². The van der Waals surface area contributed by atoms with Crippen LogP contribution in [0.1, 0.15) is 23.5 Å². The van der Waals surface area contributed by atoms with Crippen molar-refractivity contribution >= 4 is 27.3 Å². The van der Waals surface area contributed by atoms with Gasteiger partial charge in [0.05, 0.1) is 4.88 Å². The minimum atomic E-state index is -0.261. The van der Waals surface area contributed by atoms with E-state index in [0.29, 0.717) is 30.1 Å². The molecule has 3 rings (SSSR count). The predicted octanol–water partition coefficient (Wildman–Crippen LogP) is 2.86. The normalized spacial score (nSPS) is 23.2. The molecule has 1 aliphatic rings. The fourth-order valence-electron chi connectivity index (χ4n) is 2.76. The number of hydrogen-bond acceptors (Lipinski definition) is 3. The number of amides is 1. The summed E-state index contributed by atoms with van der Waals surface area (Å²) in [5.41, 5.74) is 0. The lowest BCUT2D eigenvalue weighted by Crippen LogP contribution is -2.55. The number of fused-ring (bicyclic) bond motifs is 1. The number of thiophene rings is 1. The highest BCUT2D eigenvalue weighted by Crippen LogP contribution is 2.27. The van der Waals surface area contributed by atoms with Crippen LogP contribution in [0.5, 0.6) is 0 Å². The molecule has 0 saturated carbocycles. The van der Waals surface area contributed by atoms with Crippen molar-refractivity contribution in [3.8, 4) is 0 Å². The first-order valence-electron chi connectivity index (χ1n) is 6.77. The van der Waals surface area contributed by atoms with Crippen molar-refractivity contribution in [3.05, 3.63) is 35.0 Å². The molecule has 1 aromatic carbocycles. The van der Waals surface area contributed by atoms with Crippen LogP contribution in [0.2, 0.25) is 0 Å². The molecule has 0 aliphatic carbocycles. The maximum atomic E-state index is 13.2. The Balaban J connectivity index is 1.88. The van der Waals surface area contributed by atoms with Gasteiger partial charge in [0.15, 0.2) is 0 Å². The summed E-state index contributed by atoms with van der Waals surface area (Å²) in [6, 6.07) is 7.10. The SMILES string of the molecule is CC1CN(C(=O)c2cc3ccc(F)cc3s2)CC(C)N1. The van der Waals surface area contributed by atoms with Gasteiger partial charge in [0.25, 0.3) is 5.91 Å². The van der Waals surface area contributed by atoms with Crippen LogP contribution < -0.4 is 5.32 Å². The summed E-state index contributed by atoms with van der Waals surface area (Å²) in [6.45, 7) is 5.59. The van der Waals surface area contributed by atoms with Gasteiger partial charge >= 0.3 is 0 Å². The summed E-state index contributed by atoms with van der Waals surface area (Å²) in [4.78, 5) is 15.1. The van der Waals surface area contributed by atoms with Crippen LogP contribution in [-0.4, -0.2) is 36.0 Å². The Labute approximate surface area is 121 Å². The van der Waals surface area contributed by atoms with Gasteiger partial charge in [-0.25, -0.2) is 4.39 Å². The second kappa shape index (κ2) is 5.14. The number of rotatable bonds is 1. The van der Waals surface area contributed by atoms with Crippen LogP contribution >= 0.6 is 11.3 Å². The fraction of sp³-hybridized carbons (Fsp3) is 0.400. The van der Waals surface area contributed by atoms with Crippen molar-refractivity contribution in [1.82, 2.24) is 10.2 Å². The lowest BCUT2D eigenvalue weighted by atomic mass is 10.1. The summed E-state index contributed by atoms with van der Waals surface area (Å²) in [5, 5.41) is 4.34. The van der Waals surface area contributed by atoms with Crippen molar-refractivity contribution in [2.75, 3.05) is 13.1 Å². The zero-order chi connectivity index (χ0) is 14.3. The number of carbonyl (C=O) groups excluding carboxylic acids is 1. The molecule has 0 bridgehead atoms. The number of carbonyl (C=O) groups is 1. The zero-order valence-corrected chi connectivity index (χ0v) is 12.3. The highest BCUT2D eigenvalue weighted by atomic mass is 32.1. The van der Waals surface area contributed by atoms with Gasteiger partial charge in [-0.05, 0) is 37.4 Å². The highest BCUT2D eigenvalue weighted by Gasteiger charge is 2.26. The van der Waals surface area contributed by atoms with Crippen LogP contribution in [0.25, 0.3) is 10.1 Å². The molecule has 2 heterocycles. The van der Waals surface area contributed by atoms with E-state index in [-0.39, 0.29) is 11.7 Å². The fourth-order valence-corrected chi connectivity index (χ4v) is 3.81. The largest absolute Gasteiger partial charge is 0.335 e. The van der Waals surface area contributed by atoms with Gasteiger partial charge in [-0.15, -0.1) is 11.3 Å². The highest BCUT2D eigenvalue weighted by molar-refractivity contribution is 7.20. The molecule has 1 amide bonds. The predicted molar refractivity (Wildman–Crippen MR) is 79.7 cm³/mol. The first-order chi connectivity index (χ1) is 9.52. The number of hydrogen-bond donors (Lipinski definition) is 1. The minimum Gasteiger partial charge on any atom is -0.335 e. The topological polar surface area (TPSA) is 32.3 Å². The van der Waals surface area contributed by atoms with Crippen LogP contribution in [0.15, 0.2) is 24.3 Å². The summed E-state index contributed by atoms with van der Waals surface area (Å²) in [7, 11) is 0. The zero-order valence-electron chi connectivity index (χ0n) is 11.5. The molecule has 2 unspecified atom stereocenters. The molecule has 5 heteroatoms. The van der Waals surface area contributed by atoms with Gasteiger partial charge in [0, 0.05) is 29.9 Å². The van der Waals surface area contributed by atoms with Gasteiger partial charge < -0.3 is 10.2 Å². The quantitative estimate of drug-likeness (QED) is 0.876. The number of benzene rings is 1. The maximum absolute atomic E-state index is 13.2. The summed E-state index contributed by atoms with van der Waals surface area (Å²) in [5.74, 6) is -0.213. The molecule has 1 fully saturated rings. The van der Waals surface area contributed by atoms with Crippen LogP contribution in [0, 0.1) is 5.82 Å². The van der Waals surface area contributed by atoms with Gasteiger partial charge in [-0.2, -0.15) is 0 Å². The lowest BCUT2D eigenvalue weighted by Gasteiger charge is -2.35. The molecular weight excluding hydrogens is 275 g/mol. The minimum absolute atomic E-state index is 0.0480. The number of nitrogens with one attached hydrogen (secondary N) is 1. The van der Waals surface area contributed by atoms with E-state index in [0.717, 1.165) is 10.1 Å². The Morgan fingerprint density at radius 2 is 2.00 bits per heavy atom. The molecule has 1 saturated heterocycles. The van der Waals surface area contributed by atoms with Gasteiger partial charge in [-0.3, -0.25) is 4.79 Å². The summed E-state index contributed by atoms with van der Waals surface area (Å²) < 4.78 is 14.0. The first kappa shape index (κ1) is 13.5. The average Bonchev–Trinajstić information content (AvgIpc) is 2.79. The average molecular weight is 292 g/mol. The van der Waals surface area contributed by atoms with E-state index < -0.39 is 0 Å². The van der Waals surface area contributed by atoms with Crippen molar-refractivity contribution in [2.45, 2.75) is 25.9 Å². The molecule has 3 nitrogen and oxygen atoms in total. The molecule has 1 aromatic heterocycles. The Hall–Kier alpha value is -1.46. The number of nitrogens with zero attached hydrogens (tertiary/aromatic N) is 1. The number of piperazine rings is 1. The van der Waals surface area contributed by atoms with E-state index in [1.54, 1.807) is 6.07 Å². The monoisotopic (exact) mass is 292 g/mol. The van der Waals surface area contributed by atoms with E-state index in [1.807, 2.05) is 11.0 Å². The van der Waals surface area contributed by atoms with Gasteiger partial charge in [0.1, 0.15) is 5.82 Å².